The summed E-state index contributed by atoms with van der Waals surface area (Å²) in [5.74, 6) is 0.812. The van der Waals surface area contributed by atoms with Crippen molar-refractivity contribution in [2.75, 3.05) is 0 Å². The summed E-state index contributed by atoms with van der Waals surface area (Å²) >= 11 is 0. The molecule has 4 nitrogen and oxygen atoms in total. The van der Waals surface area contributed by atoms with Crippen molar-refractivity contribution in [1.82, 2.24) is 9.78 Å². The van der Waals surface area contributed by atoms with Gasteiger partial charge >= 0.3 is 0 Å². The summed E-state index contributed by atoms with van der Waals surface area (Å²) in [6, 6.07) is 19.7. The van der Waals surface area contributed by atoms with E-state index in [1.807, 2.05) is 54.6 Å². The zero-order chi connectivity index (χ0) is 14.2. The Balaban J connectivity index is 1.98. The lowest BCUT2D eigenvalue weighted by Crippen LogP contribution is -2.05. The van der Waals surface area contributed by atoms with Gasteiger partial charge in [-0.25, -0.2) is 4.68 Å². The maximum absolute atomic E-state index is 9.51. The normalized spacial score (nSPS) is 12.0. The standard InChI is InChI=1S/C17H11N3O/c18-10-15-14-11-21-16-9-5-4-8-13(16)17(14)19-20(15)12-6-2-1-3-7-12/h1-9H,11H2. The number of fused-ring (bicyclic) bond motifs is 3. The van der Waals surface area contributed by atoms with Crippen molar-refractivity contribution in [3.05, 3.63) is 65.9 Å². The third kappa shape index (κ3) is 1.72. The number of hydrogen-bond donors (Lipinski definition) is 0. The molecule has 21 heavy (non-hydrogen) atoms. The van der Waals surface area contributed by atoms with E-state index in [1.165, 1.54) is 0 Å². The Morgan fingerprint density at radius 2 is 1.81 bits per heavy atom. The van der Waals surface area contributed by atoms with Crippen LogP contribution in [0.3, 0.4) is 0 Å². The Morgan fingerprint density at radius 1 is 1.05 bits per heavy atom. The molecule has 0 spiro atoms. The molecule has 0 atom stereocenters. The van der Waals surface area contributed by atoms with Crippen molar-refractivity contribution >= 4 is 0 Å². The lowest BCUT2D eigenvalue weighted by atomic mass is 10.0. The SMILES string of the molecule is N#Cc1c2c(nn1-c1ccccc1)-c1ccccc1OC2. The Hall–Kier alpha value is -3.06. The summed E-state index contributed by atoms with van der Waals surface area (Å²) in [6.45, 7) is 0.377. The van der Waals surface area contributed by atoms with E-state index in [0.29, 0.717) is 12.3 Å². The molecule has 1 aliphatic rings. The predicted molar refractivity (Wildman–Crippen MR) is 78.0 cm³/mol. The van der Waals surface area contributed by atoms with Crippen molar-refractivity contribution in [3.8, 4) is 28.8 Å². The fourth-order valence-electron chi connectivity index (χ4n) is 2.61. The van der Waals surface area contributed by atoms with E-state index >= 15 is 0 Å². The van der Waals surface area contributed by atoms with Crippen LogP contribution >= 0.6 is 0 Å². The van der Waals surface area contributed by atoms with Crippen LogP contribution in [0.5, 0.6) is 5.75 Å². The zero-order valence-electron chi connectivity index (χ0n) is 11.2. The largest absolute Gasteiger partial charge is 0.488 e. The van der Waals surface area contributed by atoms with Gasteiger partial charge in [-0.1, -0.05) is 30.3 Å². The second-order valence-electron chi connectivity index (χ2n) is 4.82. The van der Waals surface area contributed by atoms with Crippen molar-refractivity contribution in [1.29, 1.82) is 5.26 Å². The maximum atomic E-state index is 9.51. The summed E-state index contributed by atoms with van der Waals surface area (Å²) in [7, 11) is 0. The number of benzene rings is 2. The molecule has 0 aliphatic carbocycles. The van der Waals surface area contributed by atoms with Crippen LogP contribution in [-0.4, -0.2) is 9.78 Å². The number of nitriles is 1. The molecule has 0 radical (unpaired) electrons. The van der Waals surface area contributed by atoms with Gasteiger partial charge in [-0.2, -0.15) is 10.4 Å². The van der Waals surface area contributed by atoms with Crippen LogP contribution < -0.4 is 4.74 Å². The van der Waals surface area contributed by atoms with Crippen LogP contribution in [0.2, 0.25) is 0 Å². The molecule has 0 saturated heterocycles. The van der Waals surface area contributed by atoms with Crippen LogP contribution in [0.15, 0.2) is 54.6 Å². The first-order valence-electron chi connectivity index (χ1n) is 6.68. The highest BCUT2D eigenvalue weighted by atomic mass is 16.5. The molecule has 2 aromatic carbocycles. The average molecular weight is 273 g/mol. The lowest BCUT2D eigenvalue weighted by molar-refractivity contribution is 0.302. The fraction of sp³-hybridized carbons (Fsp3) is 0.0588. The van der Waals surface area contributed by atoms with Gasteiger partial charge in [-0.05, 0) is 24.3 Å². The molecule has 0 bridgehead atoms. The van der Waals surface area contributed by atoms with Gasteiger partial charge in [0.05, 0.1) is 11.3 Å². The van der Waals surface area contributed by atoms with Crippen LogP contribution in [0.25, 0.3) is 16.9 Å². The minimum absolute atomic E-state index is 0.377. The van der Waals surface area contributed by atoms with Crippen LogP contribution in [-0.2, 0) is 6.61 Å². The van der Waals surface area contributed by atoms with Gasteiger partial charge in [0.15, 0.2) is 5.69 Å². The van der Waals surface area contributed by atoms with Crippen molar-refractivity contribution in [3.63, 3.8) is 0 Å². The summed E-state index contributed by atoms with van der Waals surface area (Å²) in [5, 5.41) is 14.2. The van der Waals surface area contributed by atoms with Gasteiger partial charge in [0.25, 0.3) is 0 Å². The molecule has 0 saturated carbocycles. The Bertz CT molecular complexity index is 859. The molecular formula is C17H11N3O. The first-order valence-corrected chi connectivity index (χ1v) is 6.68. The summed E-state index contributed by atoms with van der Waals surface area (Å²) in [6.07, 6.45) is 0. The van der Waals surface area contributed by atoms with E-state index in [1.54, 1.807) is 4.68 Å². The molecule has 1 aliphatic heterocycles. The van der Waals surface area contributed by atoms with Crippen LogP contribution in [0.1, 0.15) is 11.3 Å². The van der Waals surface area contributed by atoms with Crippen molar-refractivity contribution in [2.24, 2.45) is 0 Å². The molecule has 2 heterocycles. The molecule has 0 N–H and O–H groups in total. The molecule has 100 valence electrons. The van der Waals surface area contributed by atoms with E-state index in [0.717, 1.165) is 28.3 Å². The summed E-state index contributed by atoms with van der Waals surface area (Å²) in [4.78, 5) is 0. The monoisotopic (exact) mass is 273 g/mol. The molecule has 0 fully saturated rings. The lowest BCUT2D eigenvalue weighted by Gasteiger charge is -2.15. The minimum atomic E-state index is 0.377. The second-order valence-corrected chi connectivity index (χ2v) is 4.82. The highest BCUT2D eigenvalue weighted by Gasteiger charge is 2.26. The average Bonchev–Trinajstić information content (AvgIpc) is 2.94. The van der Waals surface area contributed by atoms with E-state index in [9.17, 15) is 5.26 Å². The Labute approximate surface area is 121 Å². The number of aromatic nitrogens is 2. The highest BCUT2D eigenvalue weighted by molar-refractivity contribution is 5.73. The zero-order valence-corrected chi connectivity index (χ0v) is 11.2. The smallest absolute Gasteiger partial charge is 0.151 e. The molecule has 4 heteroatoms. The number of rotatable bonds is 1. The van der Waals surface area contributed by atoms with Gasteiger partial charge in [0.1, 0.15) is 24.1 Å². The molecule has 0 unspecified atom stereocenters. The van der Waals surface area contributed by atoms with Gasteiger partial charge in [0, 0.05) is 5.56 Å². The van der Waals surface area contributed by atoms with Crippen molar-refractivity contribution < 1.29 is 4.74 Å². The molecule has 1 aromatic heterocycles. The predicted octanol–water partition coefficient (Wildman–Crippen LogP) is 3.30. The summed E-state index contributed by atoms with van der Waals surface area (Å²) in [5.41, 5.74) is 4.02. The molecule has 4 rings (SSSR count). The van der Waals surface area contributed by atoms with E-state index < -0.39 is 0 Å². The van der Waals surface area contributed by atoms with Crippen LogP contribution in [0, 0.1) is 11.3 Å². The highest BCUT2D eigenvalue weighted by Crippen LogP contribution is 2.38. The fourth-order valence-corrected chi connectivity index (χ4v) is 2.61. The van der Waals surface area contributed by atoms with E-state index in [-0.39, 0.29) is 0 Å². The molecule has 3 aromatic rings. The number of para-hydroxylation sites is 2. The van der Waals surface area contributed by atoms with Gasteiger partial charge in [0.2, 0.25) is 0 Å². The number of nitrogens with zero attached hydrogens (tertiary/aromatic N) is 3. The van der Waals surface area contributed by atoms with Gasteiger partial charge in [-0.15, -0.1) is 0 Å². The Morgan fingerprint density at radius 3 is 2.62 bits per heavy atom. The third-order valence-corrected chi connectivity index (χ3v) is 3.60. The third-order valence-electron chi connectivity index (χ3n) is 3.60. The molecule has 0 amide bonds. The number of ether oxygens (including phenoxy) is 1. The minimum Gasteiger partial charge on any atom is -0.488 e. The first-order chi connectivity index (χ1) is 10.4. The van der Waals surface area contributed by atoms with Crippen LogP contribution in [0.4, 0.5) is 0 Å². The van der Waals surface area contributed by atoms with Gasteiger partial charge in [-0.3, -0.25) is 0 Å². The topological polar surface area (TPSA) is 50.8 Å². The van der Waals surface area contributed by atoms with Gasteiger partial charge < -0.3 is 4.74 Å². The van der Waals surface area contributed by atoms with E-state index in [2.05, 4.69) is 11.2 Å². The second kappa shape index (κ2) is 4.50. The van der Waals surface area contributed by atoms with E-state index in [4.69, 9.17) is 4.74 Å². The quantitative estimate of drug-likeness (QED) is 0.683. The maximum Gasteiger partial charge on any atom is 0.151 e. The first kappa shape index (κ1) is 11.7. The molecular weight excluding hydrogens is 262 g/mol. The summed E-state index contributed by atoms with van der Waals surface area (Å²) < 4.78 is 7.43. The van der Waals surface area contributed by atoms with Crippen molar-refractivity contribution in [2.45, 2.75) is 6.61 Å². The Kier molecular flexibility index (Phi) is 2.51. The number of hydrogen-bond acceptors (Lipinski definition) is 3.